The minimum Gasteiger partial charge on any atom is -0.318 e. The second-order valence-electron chi connectivity index (χ2n) is 4.12. The van der Waals surface area contributed by atoms with Crippen LogP contribution >= 0.6 is 0 Å². The molecule has 0 unspecified atom stereocenters. The number of hydrogen-bond donors (Lipinski definition) is 1. The molecule has 1 heterocycles. The van der Waals surface area contributed by atoms with E-state index in [0.717, 1.165) is 0 Å². The smallest absolute Gasteiger partial charge is 0.298 e. The van der Waals surface area contributed by atoms with Crippen molar-refractivity contribution in [3.63, 3.8) is 0 Å². The van der Waals surface area contributed by atoms with E-state index in [1.807, 2.05) is 24.3 Å². The normalized spacial score (nSPS) is 16.1. The summed E-state index contributed by atoms with van der Waals surface area (Å²) in [6.07, 6.45) is 0. The fourth-order valence-corrected chi connectivity index (χ4v) is 1.95. The van der Waals surface area contributed by atoms with E-state index in [-0.39, 0.29) is 5.71 Å². The van der Waals surface area contributed by atoms with Gasteiger partial charge in [-0.2, -0.15) is 0 Å². The second kappa shape index (κ2) is 4.49. The summed E-state index contributed by atoms with van der Waals surface area (Å²) >= 11 is 0. The van der Waals surface area contributed by atoms with Gasteiger partial charge in [0.1, 0.15) is 5.71 Å². The lowest BCUT2D eigenvalue weighted by Crippen LogP contribution is -2.35. The maximum atomic E-state index is 11.9. The van der Waals surface area contributed by atoms with E-state index >= 15 is 0 Å². The van der Waals surface area contributed by atoms with Gasteiger partial charge < -0.3 is 5.32 Å². The zero-order chi connectivity index (χ0) is 13.2. The van der Waals surface area contributed by atoms with Crippen LogP contribution in [0.1, 0.15) is 5.56 Å². The lowest BCUT2D eigenvalue weighted by molar-refractivity contribution is -0.131. The Morgan fingerprint density at radius 1 is 0.842 bits per heavy atom. The number of benzene rings is 2. The number of fused-ring (bicyclic) bond motifs is 1. The number of hydrogen-bond acceptors (Lipinski definition) is 3. The molecule has 0 atom stereocenters. The monoisotopic (exact) mass is 250 g/mol. The Labute approximate surface area is 109 Å². The molecule has 0 fully saturated rings. The molecule has 1 aliphatic heterocycles. The molecule has 4 nitrogen and oxygen atoms in total. The number of ketones is 1. The van der Waals surface area contributed by atoms with E-state index in [1.54, 1.807) is 30.3 Å². The molecule has 0 aromatic heterocycles. The van der Waals surface area contributed by atoms with Crippen molar-refractivity contribution in [3.8, 4) is 0 Å². The predicted octanol–water partition coefficient (Wildman–Crippen LogP) is 2.33. The van der Waals surface area contributed by atoms with Gasteiger partial charge in [-0.25, -0.2) is 4.99 Å². The molecular formula is C15H10N2O2. The van der Waals surface area contributed by atoms with Crippen molar-refractivity contribution in [1.82, 2.24) is 0 Å². The van der Waals surface area contributed by atoms with Crippen molar-refractivity contribution >= 4 is 28.8 Å². The molecule has 1 N–H and O–H groups in total. The first-order chi connectivity index (χ1) is 9.25. The fraction of sp³-hybridized carbons (Fsp3) is 0. The van der Waals surface area contributed by atoms with E-state index in [4.69, 9.17) is 0 Å². The highest BCUT2D eigenvalue weighted by atomic mass is 16.2. The van der Waals surface area contributed by atoms with Crippen molar-refractivity contribution in [3.05, 3.63) is 60.2 Å². The minimum absolute atomic E-state index is 0.186. The zero-order valence-electron chi connectivity index (χ0n) is 9.96. The Morgan fingerprint density at radius 2 is 1.53 bits per heavy atom. The summed E-state index contributed by atoms with van der Waals surface area (Å²) in [6, 6.07) is 16.2. The first-order valence-electron chi connectivity index (χ1n) is 5.84. The highest BCUT2D eigenvalue weighted by Gasteiger charge is 2.29. The van der Waals surface area contributed by atoms with Gasteiger partial charge in [-0.15, -0.1) is 0 Å². The van der Waals surface area contributed by atoms with E-state index in [0.29, 0.717) is 16.9 Å². The molecule has 92 valence electrons. The summed E-state index contributed by atoms with van der Waals surface area (Å²) in [5.74, 6) is -1.25. The van der Waals surface area contributed by atoms with Crippen LogP contribution in [0.15, 0.2) is 59.6 Å². The van der Waals surface area contributed by atoms with Crippen LogP contribution in [-0.4, -0.2) is 17.4 Å². The first kappa shape index (κ1) is 11.3. The third-order valence-electron chi connectivity index (χ3n) is 2.85. The van der Waals surface area contributed by atoms with E-state index < -0.39 is 11.7 Å². The number of rotatable bonds is 1. The topological polar surface area (TPSA) is 58.5 Å². The van der Waals surface area contributed by atoms with Crippen molar-refractivity contribution in [2.45, 2.75) is 0 Å². The van der Waals surface area contributed by atoms with Crippen LogP contribution in [-0.2, 0) is 9.59 Å². The Hall–Kier alpha value is -2.75. The summed E-state index contributed by atoms with van der Waals surface area (Å²) in [5, 5.41) is 2.56. The van der Waals surface area contributed by atoms with Gasteiger partial charge in [0.25, 0.3) is 11.7 Å². The van der Waals surface area contributed by atoms with Crippen LogP contribution < -0.4 is 5.32 Å². The Bertz CT molecular complexity index is 690. The molecule has 0 saturated heterocycles. The Balaban J connectivity index is 2.17. The Kier molecular flexibility index (Phi) is 2.68. The molecule has 0 bridgehead atoms. The number of Topliss-reactive ketones (excluding diaryl/α,β-unsaturated/α-hetero) is 1. The maximum Gasteiger partial charge on any atom is 0.298 e. The molecule has 0 radical (unpaired) electrons. The van der Waals surface area contributed by atoms with Gasteiger partial charge in [-0.05, 0) is 18.2 Å². The summed E-state index contributed by atoms with van der Waals surface area (Å²) in [4.78, 5) is 27.9. The Morgan fingerprint density at radius 3 is 2.32 bits per heavy atom. The zero-order valence-corrected chi connectivity index (χ0v) is 9.96. The quantitative estimate of drug-likeness (QED) is 0.790. The molecule has 0 spiro atoms. The molecule has 19 heavy (non-hydrogen) atoms. The van der Waals surface area contributed by atoms with E-state index in [2.05, 4.69) is 10.3 Å². The number of nitrogens with zero attached hydrogens (tertiary/aromatic N) is 1. The van der Waals surface area contributed by atoms with Gasteiger partial charge in [0.05, 0.1) is 11.4 Å². The molecule has 4 heteroatoms. The predicted molar refractivity (Wildman–Crippen MR) is 72.7 cm³/mol. The van der Waals surface area contributed by atoms with Gasteiger partial charge in [0, 0.05) is 5.56 Å². The standard InChI is InChI=1S/C15H10N2O2/c18-14-13(16-10-6-2-1-3-7-10)11-8-4-5-9-12(11)17-15(14)19/h1-9H,(H,17,19). The molecule has 2 aromatic carbocycles. The average molecular weight is 250 g/mol. The fourth-order valence-electron chi connectivity index (χ4n) is 1.95. The molecule has 0 aliphatic carbocycles. The SMILES string of the molecule is O=C1Nc2ccccc2C(=Nc2ccccc2)C1=O. The van der Waals surface area contributed by atoms with Crippen LogP contribution in [0.3, 0.4) is 0 Å². The first-order valence-corrected chi connectivity index (χ1v) is 5.84. The van der Waals surface area contributed by atoms with Crippen LogP contribution in [0.2, 0.25) is 0 Å². The lowest BCUT2D eigenvalue weighted by Gasteiger charge is -2.17. The van der Waals surface area contributed by atoms with Crippen molar-refractivity contribution in [2.75, 3.05) is 5.32 Å². The number of aliphatic imine (C=N–C) groups is 1. The molecule has 1 amide bonds. The minimum atomic E-state index is -0.645. The van der Waals surface area contributed by atoms with Crippen molar-refractivity contribution in [2.24, 2.45) is 4.99 Å². The average Bonchev–Trinajstić information content (AvgIpc) is 2.45. The molecular weight excluding hydrogens is 240 g/mol. The maximum absolute atomic E-state index is 11.9. The molecule has 1 aliphatic rings. The largest absolute Gasteiger partial charge is 0.318 e. The van der Waals surface area contributed by atoms with E-state index in [9.17, 15) is 9.59 Å². The highest BCUT2D eigenvalue weighted by Crippen LogP contribution is 2.23. The number of amides is 1. The third-order valence-corrected chi connectivity index (χ3v) is 2.85. The second-order valence-corrected chi connectivity index (χ2v) is 4.12. The number of nitrogens with one attached hydrogen (secondary N) is 1. The summed E-state index contributed by atoms with van der Waals surface area (Å²) < 4.78 is 0. The number of carbonyl (C=O) groups excluding carboxylic acids is 2. The highest BCUT2D eigenvalue weighted by molar-refractivity contribution is 6.72. The number of anilines is 1. The summed E-state index contributed by atoms with van der Waals surface area (Å²) in [6.45, 7) is 0. The van der Waals surface area contributed by atoms with E-state index in [1.165, 1.54) is 0 Å². The van der Waals surface area contributed by atoms with Gasteiger partial charge in [0.15, 0.2) is 0 Å². The van der Waals surface area contributed by atoms with Crippen LogP contribution in [0.25, 0.3) is 0 Å². The van der Waals surface area contributed by atoms with Crippen molar-refractivity contribution in [1.29, 1.82) is 0 Å². The van der Waals surface area contributed by atoms with Crippen LogP contribution in [0.5, 0.6) is 0 Å². The van der Waals surface area contributed by atoms with Gasteiger partial charge >= 0.3 is 0 Å². The number of carbonyl (C=O) groups is 2. The van der Waals surface area contributed by atoms with Crippen LogP contribution in [0, 0.1) is 0 Å². The molecule has 0 saturated carbocycles. The van der Waals surface area contributed by atoms with Gasteiger partial charge in [0.2, 0.25) is 0 Å². The third kappa shape index (κ3) is 2.04. The molecule has 3 rings (SSSR count). The van der Waals surface area contributed by atoms with Crippen LogP contribution in [0.4, 0.5) is 11.4 Å². The molecule has 2 aromatic rings. The summed E-state index contributed by atoms with van der Waals surface area (Å²) in [7, 11) is 0. The summed E-state index contributed by atoms with van der Waals surface area (Å²) in [5.41, 5.74) is 2.10. The van der Waals surface area contributed by atoms with Gasteiger partial charge in [-0.3, -0.25) is 9.59 Å². The van der Waals surface area contributed by atoms with Gasteiger partial charge in [-0.1, -0.05) is 36.4 Å². The lowest BCUT2D eigenvalue weighted by atomic mass is 9.99. The number of para-hydroxylation sites is 2. The van der Waals surface area contributed by atoms with Crippen molar-refractivity contribution < 1.29 is 9.59 Å².